The van der Waals surface area contributed by atoms with Crippen molar-refractivity contribution in [1.29, 1.82) is 0 Å². The fraction of sp³-hybridized carbons (Fsp3) is 0.250. The molecular weight excluding hydrogens is 362 g/mol. The summed E-state index contributed by atoms with van der Waals surface area (Å²) in [6.45, 7) is 3.35. The molecule has 0 radical (unpaired) electrons. The minimum atomic E-state index is -0.687. The van der Waals surface area contributed by atoms with Gasteiger partial charge in [-0.1, -0.05) is 12.1 Å². The van der Waals surface area contributed by atoms with Crippen LogP contribution in [0, 0.1) is 6.92 Å². The van der Waals surface area contributed by atoms with Crippen LogP contribution < -0.4 is 15.4 Å². The first-order valence-corrected chi connectivity index (χ1v) is 9.34. The van der Waals surface area contributed by atoms with Crippen molar-refractivity contribution >= 4 is 39.1 Å². The maximum atomic E-state index is 12.8. The Morgan fingerprint density at radius 1 is 1.22 bits per heavy atom. The van der Waals surface area contributed by atoms with E-state index in [1.165, 1.54) is 6.92 Å². The minimum absolute atomic E-state index is 0.258. The predicted octanol–water partition coefficient (Wildman–Crippen LogP) is 3.30. The number of nitrogens with one attached hydrogen (secondary N) is 2. The minimum Gasteiger partial charge on any atom is -0.497 e. The molecule has 0 spiro atoms. The monoisotopic (exact) mass is 383 g/mol. The van der Waals surface area contributed by atoms with E-state index in [0.29, 0.717) is 17.9 Å². The SMILES string of the molecule is COc1cccc(CC(NC(C)=O)C(=O)Nc2ccc3nc(C)sc3c2)c1. The zero-order valence-corrected chi connectivity index (χ0v) is 16.2. The Kier molecular flexibility index (Phi) is 5.71. The van der Waals surface area contributed by atoms with Gasteiger partial charge in [0.25, 0.3) is 0 Å². The second-order valence-electron chi connectivity index (χ2n) is 6.21. The molecular formula is C20H21N3O3S. The van der Waals surface area contributed by atoms with Gasteiger partial charge in [-0.05, 0) is 42.8 Å². The standard InChI is InChI=1S/C20H21N3O3S/c1-12(24)21-18(10-14-5-4-6-16(9-14)26-3)20(25)23-15-7-8-17-19(11-15)27-13(2)22-17/h4-9,11,18H,10H2,1-3H3,(H,21,24)(H,23,25). The van der Waals surface area contributed by atoms with E-state index in [0.717, 1.165) is 20.8 Å². The van der Waals surface area contributed by atoms with Gasteiger partial charge in [0.2, 0.25) is 11.8 Å². The number of aromatic nitrogens is 1. The molecule has 1 atom stereocenters. The highest BCUT2D eigenvalue weighted by Crippen LogP contribution is 2.25. The van der Waals surface area contributed by atoms with Gasteiger partial charge < -0.3 is 15.4 Å². The number of hydrogen-bond donors (Lipinski definition) is 2. The molecule has 3 rings (SSSR count). The summed E-state index contributed by atoms with van der Waals surface area (Å²) in [5.41, 5.74) is 2.49. The normalized spacial score (nSPS) is 11.8. The summed E-state index contributed by atoms with van der Waals surface area (Å²) in [6.07, 6.45) is 0.366. The summed E-state index contributed by atoms with van der Waals surface area (Å²) in [6, 6.07) is 12.4. The third-order valence-electron chi connectivity index (χ3n) is 4.03. The third-order valence-corrected chi connectivity index (χ3v) is 4.96. The molecule has 3 aromatic rings. The quantitative estimate of drug-likeness (QED) is 0.684. The van der Waals surface area contributed by atoms with Gasteiger partial charge in [0, 0.05) is 19.0 Å². The van der Waals surface area contributed by atoms with Crippen molar-refractivity contribution in [3.63, 3.8) is 0 Å². The molecule has 2 aromatic carbocycles. The van der Waals surface area contributed by atoms with Crippen LogP contribution >= 0.6 is 11.3 Å². The van der Waals surface area contributed by atoms with Crippen LogP contribution in [0.15, 0.2) is 42.5 Å². The maximum Gasteiger partial charge on any atom is 0.247 e. The van der Waals surface area contributed by atoms with Gasteiger partial charge >= 0.3 is 0 Å². The van der Waals surface area contributed by atoms with E-state index in [2.05, 4.69) is 15.6 Å². The van der Waals surface area contributed by atoms with Crippen molar-refractivity contribution in [2.24, 2.45) is 0 Å². The number of carbonyl (C=O) groups is 2. The van der Waals surface area contributed by atoms with Crippen molar-refractivity contribution in [2.45, 2.75) is 26.3 Å². The van der Waals surface area contributed by atoms with Crippen molar-refractivity contribution < 1.29 is 14.3 Å². The number of nitrogens with zero attached hydrogens (tertiary/aromatic N) is 1. The molecule has 0 bridgehead atoms. The Morgan fingerprint density at radius 2 is 2.04 bits per heavy atom. The smallest absolute Gasteiger partial charge is 0.247 e. The van der Waals surface area contributed by atoms with Gasteiger partial charge in [0.1, 0.15) is 11.8 Å². The number of thiazole rings is 1. The fourth-order valence-corrected chi connectivity index (χ4v) is 3.70. The van der Waals surface area contributed by atoms with Gasteiger partial charge in [0.15, 0.2) is 0 Å². The van der Waals surface area contributed by atoms with E-state index in [-0.39, 0.29) is 11.8 Å². The highest BCUT2D eigenvalue weighted by molar-refractivity contribution is 7.18. The highest BCUT2D eigenvalue weighted by atomic mass is 32.1. The molecule has 0 aliphatic carbocycles. The molecule has 0 fully saturated rings. The second-order valence-corrected chi connectivity index (χ2v) is 7.45. The van der Waals surface area contributed by atoms with Crippen molar-refractivity contribution in [2.75, 3.05) is 12.4 Å². The van der Waals surface area contributed by atoms with Crippen LogP contribution in [0.2, 0.25) is 0 Å². The summed E-state index contributed by atoms with van der Waals surface area (Å²) in [7, 11) is 1.59. The number of carbonyl (C=O) groups excluding carboxylic acids is 2. The molecule has 27 heavy (non-hydrogen) atoms. The van der Waals surface area contributed by atoms with Crippen LogP contribution in [0.1, 0.15) is 17.5 Å². The first-order chi connectivity index (χ1) is 12.9. The van der Waals surface area contributed by atoms with Crippen LogP contribution in [0.25, 0.3) is 10.2 Å². The Bertz CT molecular complexity index is 984. The number of hydrogen-bond acceptors (Lipinski definition) is 5. The molecule has 7 heteroatoms. The lowest BCUT2D eigenvalue weighted by Gasteiger charge is -2.18. The topological polar surface area (TPSA) is 80.3 Å². The lowest BCUT2D eigenvalue weighted by molar-refractivity contribution is -0.125. The number of ether oxygens (including phenoxy) is 1. The van der Waals surface area contributed by atoms with Crippen LogP contribution in [0.3, 0.4) is 0 Å². The van der Waals surface area contributed by atoms with Gasteiger partial charge in [-0.3, -0.25) is 9.59 Å². The molecule has 0 saturated heterocycles. The number of benzene rings is 2. The average Bonchev–Trinajstić information content (AvgIpc) is 3.00. The second kappa shape index (κ2) is 8.18. The summed E-state index contributed by atoms with van der Waals surface area (Å²) in [5, 5.41) is 6.59. The van der Waals surface area contributed by atoms with Gasteiger partial charge in [-0.2, -0.15) is 0 Å². The Balaban J connectivity index is 1.78. The number of fused-ring (bicyclic) bond motifs is 1. The summed E-state index contributed by atoms with van der Waals surface area (Å²) >= 11 is 1.57. The molecule has 140 valence electrons. The number of rotatable bonds is 6. The summed E-state index contributed by atoms with van der Waals surface area (Å²) < 4.78 is 6.23. The Hall–Kier alpha value is -2.93. The molecule has 0 aliphatic heterocycles. The van der Waals surface area contributed by atoms with E-state index in [9.17, 15) is 9.59 Å². The van der Waals surface area contributed by atoms with Crippen molar-refractivity contribution in [1.82, 2.24) is 10.3 Å². The number of methoxy groups -OCH3 is 1. The lowest BCUT2D eigenvalue weighted by Crippen LogP contribution is -2.44. The van der Waals surface area contributed by atoms with Gasteiger partial charge in [-0.15, -0.1) is 11.3 Å². The zero-order chi connectivity index (χ0) is 19.4. The molecule has 1 unspecified atom stereocenters. The van der Waals surface area contributed by atoms with Crippen molar-refractivity contribution in [3.8, 4) is 5.75 Å². The largest absolute Gasteiger partial charge is 0.497 e. The van der Waals surface area contributed by atoms with Crippen LogP contribution in [0.5, 0.6) is 5.75 Å². The molecule has 1 aromatic heterocycles. The van der Waals surface area contributed by atoms with E-state index >= 15 is 0 Å². The van der Waals surface area contributed by atoms with Crippen molar-refractivity contribution in [3.05, 3.63) is 53.0 Å². The molecule has 2 N–H and O–H groups in total. The molecule has 1 heterocycles. The van der Waals surface area contributed by atoms with Gasteiger partial charge in [-0.25, -0.2) is 4.98 Å². The highest BCUT2D eigenvalue weighted by Gasteiger charge is 2.20. The first-order valence-electron chi connectivity index (χ1n) is 8.52. The van der Waals surface area contributed by atoms with E-state index in [1.54, 1.807) is 18.4 Å². The predicted molar refractivity (Wildman–Crippen MR) is 107 cm³/mol. The molecule has 6 nitrogen and oxygen atoms in total. The average molecular weight is 383 g/mol. The zero-order valence-electron chi connectivity index (χ0n) is 15.4. The van der Waals surface area contributed by atoms with Crippen LogP contribution in [-0.4, -0.2) is 29.9 Å². The van der Waals surface area contributed by atoms with E-state index in [1.807, 2.05) is 49.4 Å². The van der Waals surface area contributed by atoms with E-state index in [4.69, 9.17) is 4.74 Å². The number of amides is 2. The van der Waals surface area contributed by atoms with Crippen LogP contribution in [0.4, 0.5) is 5.69 Å². The fourth-order valence-electron chi connectivity index (χ4n) is 2.84. The maximum absolute atomic E-state index is 12.8. The Morgan fingerprint density at radius 3 is 2.78 bits per heavy atom. The molecule has 2 amide bonds. The molecule has 0 aliphatic rings. The Labute approximate surface area is 161 Å². The summed E-state index contributed by atoms with van der Waals surface area (Å²) in [4.78, 5) is 28.8. The summed E-state index contributed by atoms with van der Waals surface area (Å²) in [5.74, 6) is 0.181. The number of aryl methyl sites for hydroxylation is 1. The molecule has 0 saturated carbocycles. The van der Waals surface area contributed by atoms with Gasteiger partial charge in [0.05, 0.1) is 22.3 Å². The third kappa shape index (κ3) is 4.83. The lowest BCUT2D eigenvalue weighted by atomic mass is 10.0. The first kappa shape index (κ1) is 18.8. The van der Waals surface area contributed by atoms with Crippen LogP contribution in [-0.2, 0) is 16.0 Å². The number of anilines is 1. The van der Waals surface area contributed by atoms with E-state index < -0.39 is 6.04 Å².